The molecule has 7 heteroatoms. The molecule has 0 aliphatic rings. The van der Waals surface area contributed by atoms with Crippen molar-refractivity contribution in [2.45, 2.75) is 20.3 Å². The first-order chi connectivity index (χ1) is 10.9. The molecule has 0 heterocycles. The van der Waals surface area contributed by atoms with Crippen molar-refractivity contribution in [1.82, 2.24) is 0 Å². The number of alkyl halides is 3. The van der Waals surface area contributed by atoms with Crippen molar-refractivity contribution in [3.05, 3.63) is 48.5 Å². The number of hydrogen-bond donors (Lipinski definition) is 0. The van der Waals surface area contributed by atoms with E-state index in [2.05, 4.69) is 6.26 Å². The Hall–Kier alpha value is -0.390. The quantitative estimate of drug-likeness (QED) is 0.291. The van der Waals surface area contributed by atoms with Crippen LogP contribution < -0.4 is 9.47 Å². The smallest absolute Gasteiger partial charge is 0.241 e. The molecule has 134 valence electrons. The average molecular weight is 430 g/mol. The van der Waals surface area contributed by atoms with Gasteiger partial charge in [0.05, 0.1) is 14.2 Å². The molecule has 2 nitrogen and oxygen atoms in total. The van der Waals surface area contributed by atoms with Crippen LogP contribution in [-0.4, -0.2) is 23.6 Å². The van der Waals surface area contributed by atoms with Crippen LogP contribution in [0.2, 0.25) is 0 Å². The number of benzene rings is 2. The van der Waals surface area contributed by atoms with E-state index in [1.807, 2.05) is 48.5 Å². The fraction of sp³-hybridized carbons (Fsp3) is 0.294. The monoisotopic (exact) mass is 428 g/mol. The molecule has 0 atom stereocenters. The zero-order valence-electron chi connectivity index (χ0n) is 12.9. The molecule has 0 aromatic heterocycles. The number of thioether (sulfide) groups is 2. The van der Waals surface area contributed by atoms with Crippen LogP contribution in [0.3, 0.4) is 0 Å². The standard InChI is InChI=1S/C8H7Cl3OS.C8H10OS.CH4/c1-12-6-2-4-7(5-3-6)13-8(9,10)11;1-9-7-3-5-8(10-2)6-4-7;/h2-5H,1H3;3-6H,1-2H3;1H4/i8+1;2+1;. The van der Waals surface area contributed by atoms with Crippen LogP contribution in [0.25, 0.3) is 0 Å². The van der Waals surface area contributed by atoms with Crippen molar-refractivity contribution in [3.8, 4) is 11.5 Å². The van der Waals surface area contributed by atoms with Gasteiger partial charge >= 0.3 is 0 Å². The van der Waals surface area contributed by atoms with Crippen molar-refractivity contribution in [3.63, 3.8) is 0 Å². The molecule has 0 aliphatic carbocycles. The van der Waals surface area contributed by atoms with E-state index in [4.69, 9.17) is 44.3 Å². The highest BCUT2D eigenvalue weighted by Gasteiger charge is 2.20. The highest BCUT2D eigenvalue weighted by molar-refractivity contribution is 8.04. The Kier molecular flexibility index (Phi) is 11.8. The van der Waals surface area contributed by atoms with Gasteiger partial charge in [0, 0.05) is 9.79 Å². The second-order valence-electron chi connectivity index (χ2n) is 4.10. The van der Waals surface area contributed by atoms with E-state index in [-0.39, 0.29) is 7.43 Å². The van der Waals surface area contributed by atoms with E-state index in [1.165, 1.54) is 4.90 Å². The summed E-state index contributed by atoms with van der Waals surface area (Å²) in [5.41, 5.74) is 0. The second-order valence-corrected chi connectivity index (χ2v) is 9.22. The summed E-state index contributed by atoms with van der Waals surface area (Å²) >= 11 is 19.7. The third-order valence-corrected chi connectivity index (χ3v) is 4.77. The maximum Gasteiger partial charge on any atom is 0.241 e. The molecule has 0 amide bonds. The van der Waals surface area contributed by atoms with Gasteiger partial charge in [0.2, 0.25) is 3.12 Å². The fourth-order valence-electron chi connectivity index (χ4n) is 1.49. The van der Waals surface area contributed by atoms with Gasteiger partial charge in [-0.05, 0) is 54.8 Å². The van der Waals surface area contributed by atoms with E-state index in [0.29, 0.717) is 0 Å². The lowest BCUT2D eigenvalue weighted by Crippen LogP contribution is -1.92. The maximum atomic E-state index is 5.60. The highest BCUT2D eigenvalue weighted by atomic mass is 35.6. The number of methoxy groups -OCH3 is 2. The molecule has 0 unspecified atom stereocenters. The van der Waals surface area contributed by atoms with Crippen molar-refractivity contribution in [1.29, 1.82) is 0 Å². The average Bonchev–Trinajstić information content (AvgIpc) is 2.55. The van der Waals surface area contributed by atoms with E-state index in [1.54, 1.807) is 26.0 Å². The van der Waals surface area contributed by atoms with Gasteiger partial charge in [0.1, 0.15) is 11.5 Å². The molecular weight excluding hydrogens is 409 g/mol. The molecule has 0 radical (unpaired) electrons. The summed E-state index contributed by atoms with van der Waals surface area (Å²) in [6, 6.07) is 15.3. The van der Waals surface area contributed by atoms with Gasteiger partial charge in [-0.1, -0.05) is 54.0 Å². The summed E-state index contributed by atoms with van der Waals surface area (Å²) in [5, 5.41) is 0. The summed E-state index contributed by atoms with van der Waals surface area (Å²) in [6.07, 6.45) is 2.06. The summed E-state index contributed by atoms with van der Waals surface area (Å²) < 4.78 is 8.68. The van der Waals surface area contributed by atoms with E-state index >= 15 is 0 Å². The fourth-order valence-corrected chi connectivity index (χ4v) is 3.24. The minimum atomic E-state index is -1.31. The summed E-state index contributed by atoms with van der Waals surface area (Å²) in [4.78, 5) is 2.15. The summed E-state index contributed by atoms with van der Waals surface area (Å²) in [7, 11) is 3.28. The number of ether oxygens (including phenoxy) is 2. The lowest BCUT2D eigenvalue weighted by molar-refractivity contribution is 0.414. The molecule has 2 rings (SSSR count). The van der Waals surface area contributed by atoms with Crippen LogP contribution in [0, 0.1) is 0 Å². The van der Waals surface area contributed by atoms with E-state index < -0.39 is 3.12 Å². The minimum absolute atomic E-state index is 0. The number of halogens is 3. The largest absolute Gasteiger partial charge is 0.497 e. The molecule has 0 aliphatic heterocycles. The topological polar surface area (TPSA) is 18.5 Å². The minimum Gasteiger partial charge on any atom is -0.497 e. The van der Waals surface area contributed by atoms with Gasteiger partial charge in [0.25, 0.3) is 0 Å². The molecule has 0 fully saturated rings. The van der Waals surface area contributed by atoms with Gasteiger partial charge in [-0.25, -0.2) is 0 Å². The Morgan fingerprint density at radius 2 is 1.12 bits per heavy atom. The Morgan fingerprint density at radius 3 is 1.42 bits per heavy atom. The molecule has 0 N–H and O–H groups in total. The van der Waals surface area contributed by atoms with Crippen molar-refractivity contribution >= 4 is 58.3 Å². The molecule has 2 aromatic carbocycles. The molecule has 0 bridgehead atoms. The van der Waals surface area contributed by atoms with Crippen LogP contribution in [0.15, 0.2) is 58.3 Å². The Morgan fingerprint density at radius 1 is 0.750 bits per heavy atom. The summed E-state index contributed by atoms with van der Waals surface area (Å²) in [5.74, 6) is 1.70. The Balaban J connectivity index is 0.000000436. The van der Waals surface area contributed by atoms with Gasteiger partial charge in [-0.2, -0.15) is 0 Å². The highest BCUT2D eigenvalue weighted by Crippen LogP contribution is 2.43. The van der Waals surface area contributed by atoms with Crippen molar-refractivity contribution in [2.24, 2.45) is 0 Å². The molecule has 2 aromatic rings. The lowest BCUT2D eigenvalue weighted by Gasteiger charge is -2.09. The van der Waals surface area contributed by atoms with Gasteiger partial charge in [-0.3, -0.25) is 0 Å². The molecule has 0 saturated carbocycles. The van der Waals surface area contributed by atoms with Crippen LogP contribution in [0.4, 0.5) is 0 Å². The third-order valence-electron chi connectivity index (χ3n) is 2.59. The molecule has 0 saturated heterocycles. The number of hydrogen-bond acceptors (Lipinski definition) is 4. The predicted molar refractivity (Wildman–Crippen MR) is 111 cm³/mol. The first kappa shape index (κ1) is 23.6. The van der Waals surface area contributed by atoms with Crippen molar-refractivity contribution in [2.75, 3.05) is 20.5 Å². The Labute approximate surface area is 168 Å². The van der Waals surface area contributed by atoms with Gasteiger partial charge < -0.3 is 9.47 Å². The summed E-state index contributed by atoms with van der Waals surface area (Å²) in [6.45, 7) is 0. The normalized spacial score (nSPS) is 10.1. The number of rotatable bonds is 4. The molecule has 0 spiro atoms. The van der Waals surface area contributed by atoms with Crippen LogP contribution in [-0.2, 0) is 0 Å². The van der Waals surface area contributed by atoms with Crippen molar-refractivity contribution < 1.29 is 9.47 Å². The zero-order chi connectivity index (χ0) is 17.3. The Bertz CT molecular complexity index is 547. The maximum absolute atomic E-state index is 5.60. The second kappa shape index (κ2) is 12.0. The van der Waals surface area contributed by atoms with Crippen LogP contribution in [0.1, 0.15) is 7.43 Å². The SMILES string of the molecule is C.COc1ccc(S[13CH3])cc1.COc1ccc(S[13C](Cl)(Cl)Cl)cc1. The first-order valence-electron chi connectivity index (χ1n) is 6.46. The van der Waals surface area contributed by atoms with E-state index in [0.717, 1.165) is 28.2 Å². The van der Waals surface area contributed by atoms with Gasteiger partial charge in [0.15, 0.2) is 0 Å². The zero-order valence-corrected chi connectivity index (χ0v) is 16.8. The lowest BCUT2D eigenvalue weighted by atomic mass is 10.3. The van der Waals surface area contributed by atoms with E-state index in [9.17, 15) is 0 Å². The third kappa shape index (κ3) is 9.80. The van der Waals surface area contributed by atoms with Crippen LogP contribution >= 0.6 is 58.3 Å². The van der Waals surface area contributed by atoms with Gasteiger partial charge in [-0.15, -0.1) is 11.8 Å². The van der Waals surface area contributed by atoms with Crippen LogP contribution in [0.5, 0.6) is 11.5 Å². The molecule has 24 heavy (non-hydrogen) atoms. The molecular formula is C17H21Cl3O2S2. The first-order valence-corrected chi connectivity index (χ1v) is 9.63. The predicted octanol–water partition coefficient (Wildman–Crippen LogP) is 7.17.